The molecule has 2 aliphatic heterocycles. The van der Waals surface area contributed by atoms with Gasteiger partial charge in [-0.25, -0.2) is 0 Å². The Morgan fingerprint density at radius 2 is 0.977 bits per heavy atom. The van der Waals surface area contributed by atoms with Gasteiger partial charge in [-0.2, -0.15) is 0 Å². The van der Waals surface area contributed by atoms with Gasteiger partial charge in [0.1, 0.15) is 12.1 Å². The number of amides is 4. The Morgan fingerprint density at radius 3 is 1.34 bits per heavy atom. The van der Waals surface area contributed by atoms with Gasteiger partial charge in [-0.3, -0.25) is 29.8 Å². The van der Waals surface area contributed by atoms with Crippen molar-refractivity contribution in [2.24, 2.45) is 0 Å². The maximum Gasteiger partial charge on any atom is 0.238 e. The minimum absolute atomic E-state index is 0.0579. The molecule has 44 heavy (non-hydrogen) atoms. The van der Waals surface area contributed by atoms with Crippen LogP contribution in [-0.2, 0) is 32.0 Å². The third kappa shape index (κ3) is 9.72. The molecule has 2 aromatic rings. The molecule has 2 aromatic carbocycles. The van der Waals surface area contributed by atoms with E-state index in [4.69, 9.17) is 0 Å². The van der Waals surface area contributed by atoms with Crippen molar-refractivity contribution in [3.63, 3.8) is 0 Å². The van der Waals surface area contributed by atoms with Crippen molar-refractivity contribution in [2.45, 2.75) is 72.9 Å². The molecule has 0 saturated carbocycles. The summed E-state index contributed by atoms with van der Waals surface area (Å²) in [6, 6.07) is 18.3. The highest BCUT2D eigenvalue weighted by Gasteiger charge is 2.46. The van der Waals surface area contributed by atoms with Crippen LogP contribution in [0, 0.1) is 0 Å². The minimum Gasteiger partial charge on any atom is -0.353 e. The van der Waals surface area contributed by atoms with Crippen LogP contribution in [-0.4, -0.2) is 82.1 Å². The van der Waals surface area contributed by atoms with E-state index in [1.165, 1.54) is 0 Å². The van der Waals surface area contributed by atoms with E-state index in [1.807, 2.05) is 88.4 Å². The number of carbonyl (C=O) groups excluding carboxylic acids is 4. The standard InChI is InChI=1S/C32H44N6O4S2/c1-31(2)27(37-25(43-31)19-35-23(39)17-21-11-7-5-8-12-21)29(41)33-15-16-34-30(42)28-32(3,4)44-26(38-28)20-36-24(40)18-22-13-9-6-10-14-22/h5-14,25-28,37-38H,15-20H2,1-4H3,(H,33,41)(H,34,42)(H,35,39)(H,36,40). The Kier molecular flexibility index (Phi) is 11.8. The second-order valence-electron chi connectivity index (χ2n) is 12.1. The summed E-state index contributed by atoms with van der Waals surface area (Å²) in [7, 11) is 0. The lowest BCUT2D eigenvalue weighted by Gasteiger charge is -2.25. The summed E-state index contributed by atoms with van der Waals surface area (Å²) in [6.07, 6.45) is 0.630. The molecule has 4 rings (SSSR count). The highest BCUT2D eigenvalue weighted by atomic mass is 32.2. The molecule has 0 radical (unpaired) electrons. The first kappa shape index (κ1) is 33.8. The third-order valence-corrected chi connectivity index (χ3v) is 10.5. The lowest BCUT2D eigenvalue weighted by Crippen LogP contribution is -2.54. The van der Waals surface area contributed by atoms with Gasteiger partial charge in [0, 0.05) is 35.7 Å². The summed E-state index contributed by atoms with van der Waals surface area (Å²) in [5, 5.41) is 18.3. The third-order valence-electron chi connectivity index (χ3n) is 7.62. The van der Waals surface area contributed by atoms with Gasteiger partial charge in [0.25, 0.3) is 0 Å². The highest BCUT2D eigenvalue weighted by Crippen LogP contribution is 2.38. The van der Waals surface area contributed by atoms with Crippen molar-refractivity contribution >= 4 is 47.2 Å². The molecule has 2 heterocycles. The van der Waals surface area contributed by atoms with Crippen molar-refractivity contribution in [3.05, 3.63) is 71.8 Å². The summed E-state index contributed by atoms with van der Waals surface area (Å²) < 4.78 is -0.745. The molecule has 0 bridgehead atoms. The molecule has 2 saturated heterocycles. The van der Waals surface area contributed by atoms with E-state index in [0.29, 0.717) is 39.0 Å². The van der Waals surface area contributed by atoms with Crippen molar-refractivity contribution < 1.29 is 19.2 Å². The Morgan fingerprint density at radius 1 is 0.614 bits per heavy atom. The van der Waals surface area contributed by atoms with Crippen LogP contribution in [0.15, 0.2) is 60.7 Å². The average Bonchev–Trinajstić information content (AvgIpc) is 3.47. The summed E-state index contributed by atoms with van der Waals surface area (Å²) in [5.74, 6) is -0.401. The smallest absolute Gasteiger partial charge is 0.238 e. The minimum atomic E-state index is -0.441. The van der Waals surface area contributed by atoms with E-state index in [-0.39, 0.29) is 43.9 Å². The van der Waals surface area contributed by atoms with Crippen LogP contribution in [0.4, 0.5) is 0 Å². The number of benzene rings is 2. The fraction of sp³-hybridized carbons (Fsp3) is 0.500. The van der Waals surface area contributed by atoms with Gasteiger partial charge in [0.05, 0.1) is 23.6 Å². The fourth-order valence-corrected chi connectivity index (χ4v) is 8.20. The first-order valence-electron chi connectivity index (χ1n) is 15.0. The second kappa shape index (κ2) is 15.3. The predicted octanol–water partition coefficient (Wildman–Crippen LogP) is 1.56. The molecule has 12 heteroatoms. The van der Waals surface area contributed by atoms with E-state index in [0.717, 1.165) is 11.1 Å². The molecule has 4 amide bonds. The van der Waals surface area contributed by atoms with Gasteiger partial charge >= 0.3 is 0 Å². The van der Waals surface area contributed by atoms with Crippen molar-refractivity contribution in [3.8, 4) is 0 Å². The number of thioether (sulfide) groups is 2. The van der Waals surface area contributed by atoms with Gasteiger partial charge in [0.15, 0.2) is 0 Å². The first-order chi connectivity index (χ1) is 20.9. The molecular weight excluding hydrogens is 597 g/mol. The monoisotopic (exact) mass is 640 g/mol. The van der Waals surface area contributed by atoms with Crippen LogP contribution in [0.1, 0.15) is 38.8 Å². The fourth-order valence-electron chi connectivity index (χ4n) is 5.37. The summed E-state index contributed by atoms with van der Waals surface area (Å²) in [6.45, 7) is 9.45. The molecular formula is C32H44N6O4S2. The molecule has 2 fully saturated rings. The Labute approximate surface area is 268 Å². The maximum absolute atomic E-state index is 13.0. The number of hydrogen-bond acceptors (Lipinski definition) is 8. The number of nitrogens with one attached hydrogen (secondary N) is 6. The lowest BCUT2D eigenvalue weighted by atomic mass is 10.0. The van der Waals surface area contributed by atoms with Crippen LogP contribution in [0.5, 0.6) is 0 Å². The summed E-state index contributed by atoms with van der Waals surface area (Å²) in [4.78, 5) is 50.8. The summed E-state index contributed by atoms with van der Waals surface area (Å²) >= 11 is 3.25. The zero-order valence-corrected chi connectivity index (χ0v) is 27.4. The molecule has 0 aliphatic carbocycles. The van der Waals surface area contributed by atoms with Crippen LogP contribution in [0.2, 0.25) is 0 Å². The topological polar surface area (TPSA) is 140 Å². The van der Waals surface area contributed by atoms with Crippen molar-refractivity contribution in [1.29, 1.82) is 0 Å². The van der Waals surface area contributed by atoms with Gasteiger partial charge in [-0.1, -0.05) is 60.7 Å². The Bertz CT molecular complexity index is 1190. The SMILES string of the molecule is CC1(C)SC(CNC(=O)Cc2ccccc2)NC1C(=O)NCCNC(=O)C1NC(CNC(=O)Cc2ccccc2)SC1(C)C. The Hall–Kier alpha value is -3.06. The molecule has 6 N–H and O–H groups in total. The molecule has 10 nitrogen and oxygen atoms in total. The summed E-state index contributed by atoms with van der Waals surface area (Å²) in [5.41, 5.74) is 1.91. The number of carbonyl (C=O) groups is 4. The van der Waals surface area contributed by atoms with Gasteiger partial charge < -0.3 is 21.3 Å². The molecule has 2 aliphatic rings. The van der Waals surface area contributed by atoms with Crippen molar-refractivity contribution in [1.82, 2.24) is 31.9 Å². The van der Waals surface area contributed by atoms with E-state index in [1.54, 1.807) is 23.5 Å². The molecule has 0 aromatic heterocycles. The highest BCUT2D eigenvalue weighted by molar-refractivity contribution is 8.01. The van der Waals surface area contributed by atoms with E-state index < -0.39 is 12.1 Å². The zero-order chi connectivity index (χ0) is 31.7. The van der Waals surface area contributed by atoms with Crippen LogP contribution in [0.3, 0.4) is 0 Å². The van der Waals surface area contributed by atoms with E-state index in [9.17, 15) is 19.2 Å². The predicted molar refractivity (Wildman–Crippen MR) is 177 cm³/mol. The average molecular weight is 641 g/mol. The van der Waals surface area contributed by atoms with Crippen LogP contribution < -0.4 is 31.9 Å². The van der Waals surface area contributed by atoms with Gasteiger partial charge in [-0.15, -0.1) is 23.5 Å². The normalized spacial score (nSPS) is 23.5. The zero-order valence-electron chi connectivity index (χ0n) is 25.8. The van der Waals surface area contributed by atoms with E-state index in [2.05, 4.69) is 31.9 Å². The quantitative estimate of drug-likeness (QED) is 0.181. The second-order valence-corrected chi connectivity index (χ2v) is 15.8. The largest absolute Gasteiger partial charge is 0.353 e. The number of rotatable bonds is 13. The molecule has 0 spiro atoms. The lowest BCUT2D eigenvalue weighted by molar-refractivity contribution is -0.125. The van der Waals surface area contributed by atoms with Gasteiger partial charge in [-0.05, 0) is 38.8 Å². The molecule has 238 valence electrons. The first-order valence-corrected chi connectivity index (χ1v) is 16.7. The van der Waals surface area contributed by atoms with E-state index >= 15 is 0 Å². The molecule has 4 unspecified atom stereocenters. The van der Waals surface area contributed by atoms with Crippen molar-refractivity contribution in [2.75, 3.05) is 26.2 Å². The molecule has 4 atom stereocenters. The van der Waals surface area contributed by atoms with Crippen LogP contribution >= 0.6 is 23.5 Å². The Balaban J connectivity index is 1.14. The number of hydrogen-bond donors (Lipinski definition) is 6. The van der Waals surface area contributed by atoms with Gasteiger partial charge in [0.2, 0.25) is 23.6 Å². The maximum atomic E-state index is 13.0. The van der Waals surface area contributed by atoms with Crippen LogP contribution in [0.25, 0.3) is 0 Å².